The molecule has 1 fully saturated rings. The summed E-state index contributed by atoms with van der Waals surface area (Å²) in [4.78, 5) is 1.26. The molecule has 9 heteroatoms. The fourth-order valence-electron chi connectivity index (χ4n) is 4.41. The van der Waals surface area contributed by atoms with E-state index in [0.29, 0.717) is 12.2 Å². The maximum Gasteiger partial charge on any atom is 0.240 e. The van der Waals surface area contributed by atoms with Crippen molar-refractivity contribution >= 4 is 21.8 Å². The zero-order valence-corrected chi connectivity index (χ0v) is 23.4. The number of aromatic hydroxyl groups is 1. The largest absolute Gasteiger partial charge is 0.508 e. The van der Waals surface area contributed by atoms with E-state index in [2.05, 4.69) is 4.72 Å². The second kappa shape index (κ2) is 13.0. The number of aliphatic hydroxyl groups excluding tert-OH is 1. The molecule has 7 nitrogen and oxygen atoms in total. The van der Waals surface area contributed by atoms with Crippen LogP contribution < -0.4 is 4.72 Å². The molecule has 1 aliphatic heterocycles. The van der Waals surface area contributed by atoms with Crippen molar-refractivity contribution in [3.8, 4) is 5.75 Å². The van der Waals surface area contributed by atoms with Gasteiger partial charge in [0, 0.05) is 29.2 Å². The van der Waals surface area contributed by atoms with Crippen molar-refractivity contribution in [2.24, 2.45) is 0 Å². The molecule has 0 spiro atoms. The molecule has 0 aromatic heterocycles. The summed E-state index contributed by atoms with van der Waals surface area (Å²) in [5.74, 6) is 0.935. The fraction of sp³-hybridized carbons (Fsp3) is 0.226. The molecule has 1 saturated heterocycles. The highest BCUT2D eigenvalue weighted by molar-refractivity contribution is 7.99. The number of phenols is 1. The third kappa shape index (κ3) is 7.31. The zero-order chi connectivity index (χ0) is 28.0. The number of benzene rings is 4. The van der Waals surface area contributed by atoms with Crippen LogP contribution in [0.5, 0.6) is 5.75 Å². The Hall–Kier alpha value is -3.18. The lowest BCUT2D eigenvalue weighted by Gasteiger charge is -2.36. The Morgan fingerprint density at radius 1 is 0.800 bits per heavy atom. The molecule has 1 heterocycles. The van der Waals surface area contributed by atoms with Crippen molar-refractivity contribution in [2.45, 2.75) is 47.9 Å². The minimum atomic E-state index is -3.60. The van der Waals surface area contributed by atoms with Gasteiger partial charge in [-0.15, -0.1) is 11.8 Å². The van der Waals surface area contributed by atoms with Gasteiger partial charge in [0.05, 0.1) is 23.7 Å². The summed E-state index contributed by atoms with van der Waals surface area (Å²) >= 11 is 1.66. The van der Waals surface area contributed by atoms with E-state index in [0.717, 1.165) is 27.1 Å². The van der Waals surface area contributed by atoms with E-state index in [1.807, 2.05) is 60.7 Å². The normalized spacial score (nSPS) is 19.4. The lowest BCUT2D eigenvalue weighted by Crippen LogP contribution is -2.31. The van der Waals surface area contributed by atoms with Crippen LogP contribution in [0, 0.1) is 0 Å². The maximum absolute atomic E-state index is 12.6. The highest BCUT2D eigenvalue weighted by atomic mass is 32.2. The van der Waals surface area contributed by atoms with Crippen LogP contribution in [0.2, 0.25) is 0 Å². The lowest BCUT2D eigenvalue weighted by molar-refractivity contribution is -0.245. The van der Waals surface area contributed by atoms with Crippen LogP contribution in [-0.2, 0) is 32.6 Å². The Kier molecular flexibility index (Phi) is 9.21. The molecule has 3 atom stereocenters. The lowest BCUT2D eigenvalue weighted by atomic mass is 10.0. The number of ether oxygens (including phenoxy) is 2. The Morgan fingerprint density at radius 3 is 2.12 bits per heavy atom. The molecule has 0 radical (unpaired) electrons. The minimum Gasteiger partial charge on any atom is -0.508 e. The molecule has 0 aliphatic carbocycles. The molecule has 3 N–H and O–H groups in total. The molecule has 0 bridgehead atoms. The first kappa shape index (κ1) is 28.4. The number of thioether (sulfide) groups is 1. The molecule has 0 amide bonds. The number of hydrogen-bond donors (Lipinski definition) is 3. The van der Waals surface area contributed by atoms with E-state index in [-0.39, 0.29) is 36.0 Å². The average molecular weight is 578 g/mol. The highest BCUT2D eigenvalue weighted by Gasteiger charge is 2.32. The van der Waals surface area contributed by atoms with Crippen molar-refractivity contribution in [3.63, 3.8) is 0 Å². The fourth-order valence-corrected chi connectivity index (χ4v) is 6.37. The first-order valence-electron chi connectivity index (χ1n) is 13.0. The summed E-state index contributed by atoms with van der Waals surface area (Å²) in [5.41, 5.74) is 3.50. The van der Waals surface area contributed by atoms with Gasteiger partial charge in [-0.3, -0.25) is 0 Å². The average Bonchev–Trinajstić information content (AvgIpc) is 3.00. The predicted molar refractivity (Wildman–Crippen MR) is 154 cm³/mol. The van der Waals surface area contributed by atoms with E-state index in [1.165, 1.54) is 0 Å². The van der Waals surface area contributed by atoms with Gasteiger partial charge in [-0.05, 0) is 53.1 Å². The first-order valence-corrected chi connectivity index (χ1v) is 15.4. The van der Waals surface area contributed by atoms with Gasteiger partial charge in [0.2, 0.25) is 10.0 Å². The Morgan fingerprint density at radius 2 is 1.45 bits per heavy atom. The summed E-state index contributed by atoms with van der Waals surface area (Å²) < 4.78 is 40.6. The molecule has 4 aromatic carbocycles. The van der Waals surface area contributed by atoms with Crippen LogP contribution in [0.1, 0.15) is 41.1 Å². The molecule has 1 aliphatic rings. The van der Waals surface area contributed by atoms with Crippen LogP contribution in [0.15, 0.2) is 113 Å². The van der Waals surface area contributed by atoms with Crippen molar-refractivity contribution in [1.82, 2.24) is 4.72 Å². The second-order valence-electron chi connectivity index (χ2n) is 9.53. The predicted octanol–water partition coefficient (Wildman–Crippen LogP) is 5.70. The Bertz CT molecular complexity index is 1480. The monoisotopic (exact) mass is 577 g/mol. The van der Waals surface area contributed by atoms with E-state index < -0.39 is 16.3 Å². The molecular weight excluding hydrogens is 546 g/mol. The van der Waals surface area contributed by atoms with Gasteiger partial charge in [-0.1, -0.05) is 66.7 Å². The standard InChI is InChI=1S/C31H31NO6S2/c33-20-23-8-10-24(11-9-23)30-18-27(21-39-28-16-14-26(34)15-17-28)37-31(38-30)25-12-6-22(7-13-25)19-32-40(35,36)29-4-2-1-3-5-29/h1-17,27,30-34H,18-21H2/t27-,30+,31?/m0/s1. The summed E-state index contributed by atoms with van der Waals surface area (Å²) in [6.45, 7) is 0.146. The summed E-state index contributed by atoms with van der Waals surface area (Å²) in [6, 6.07) is 30.7. The maximum atomic E-state index is 12.6. The Labute approximate surface area is 238 Å². The minimum absolute atomic E-state index is 0.0166. The van der Waals surface area contributed by atoms with Crippen molar-refractivity contribution in [1.29, 1.82) is 0 Å². The summed E-state index contributed by atoms with van der Waals surface area (Å²) in [7, 11) is -3.60. The molecule has 40 heavy (non-hydrogen) atoms. The molecule has 4 aromatic rings. The van der Waals surface area contributed by atoms with Crippen LogP contribution in [0.25, 0.3) is 0 Å². The van der Waals surface area contributed by atoms with Crippen molar-refractivity contribution < 1.29 is 28.1 Å². The quantitative estimate of drug-likeness (QED) is 0.208. The number of nitrogens with one attached hydrogen (secondary N) is 1. The van der Waals surface area contributed by atoms with E-state index >= 15 is 0 Å². The Balaban J connectivity index is 1.28. The van der Waals surface area contributed by atoms with E-state index in [4.69, 9.17) is 9.47 Å². The van der Waals surface area contributed by atoms with Crippen LogP contribution in [0.4, 0.5) is 0 Å². The van der Waals surface area contributed by atoms with Gasteiger partial charge in [-0.2, -0.15) is 0 Å². The zero-order valence-electron chi connectivity index (χ0n) is 21.7. The second-order valence-corrected chi connectivity index (χ2v) is 12.4. The third-order valence-corrected chi connectivity index (χ3v) is 9.22. The number of rotatable bonds is 10. The van der Waals surface area contributed by atoms with Crippen LogP contribution in [-0.4, -0.2) is 30.5 Å². The van der Waals surface area contributed by atoms with Crippen molar-refractivity contribution in [3.05, 3.63) is 125 Å². The van der Waals surface area contributed by atoms with Gasteiger partial charge < -0.3 is 19.7 Å². The molecular formula is C31H31NO6S2. The van der Waals surface area contributed by atoms with Gasteiger partial charge in [0.15, 0.2) is 6.29 Å². The molecule has 208 valence electrons. The highest BCUT2D eigenvalue weighted by Crippen LogP contribution is 2.39. The van der Waals surface area contributed by atoms with Crippen LogP contribution >= 0.6 is 11.8 Å². The summed E-state index contributed by atoms with van der Waals surface area (Å²) in [6.07, 6.45) is -0.234. The first-order chi connectivity index (χ1) is 19.4. The van der Waals surface area contributed by atoms with Gasteiger partial charge in [0.25, 0.3) is 0 Å². The molecule has 0 saturated carbocycles. The number of aliphatic hydroxyl groups is 1. The van der Waals surface area contributed by atoms with Gasteiger partial charge >= 0.3 is 0 Å². The summed E-state index contributed by atoms with van der Waals surface area (Å²) in [5, 5.41) is 19.0. The van der Waals surface area contributed by atoms with E-state index in [1.54, 1.807) is 54.2 Å². The molecule has 1 unspecified atom stereocenters. The van der Waals surface area contributed by atoms with Gasteiger partial charge in [0.1, 0.15) is 5.75 Å². The molecule has 5 rings (SSSR count). The SMILES string of the molecule is O=S(=O)(NCc1ccc(C2O[C@H](CSc3ccc(O)cc3)C[C@H](c3ccc(CO)cc3)O2)cc1)c1ccccc1. The smallest absolute Gasteiger partial charge is 0.240 e. The van der Waals surface area contributed by atoms with Gasteiger partial charge in [-0.25, -0.2) is 13.1 Å². The number of sulfonamides is 1. The topological polar surface area (TPSA) is 105 Å². The third-order valence-electron chi connectivity index (χ3n) is 6.66. The van der Waals surface area contributed by atoms with Crippen molar-refractivity contribution in [2.75, 3.05) is 5.75 Å². The number of phenolic OH excluding ortho intramolecular Hbond substituents is 1. The van der Waals surface area contributed by atoms with E-state index in [9.17, 15) is 18.6 Å². The van der Waals surface area contributed by atoms with Crippen LogP contribution in [0.3, 0.4) is 0 Å². The number of hydrogen-bond acceptors (Lipinski definition) is 7.